The third-order valence-electron chi connectivity index (χ3n) is 3.51. The van der Waals surface area contributed by atoms with Crippen LogP contribution in [0, 0.1) is 10.7 Å². The fraction of sp³-hybridized carbons (Fsp3) is 0.278. The lowest BCUT2D eigenvalue weighted by atomic mass is 9.95. The van der Waals surface area contributed by atoms with Gasteiger partial charge in [-0.25, -0.2) is 0 Å². The normalized spacial score (nSPS) is 11.7. The van der Waals surface area contributed by atoms with E-state index >= 15 is 0 Å². The number of halogens is 6. The third-order valence-corrected chi connectivity index (χ3v) is 4.33. The van der Waals surface area contributed by atoms with E-state index in [-0.39, 0.29) is 28.8 Å². The molecule has 2 rings (SSSR count). The first-order valence-electron chi connectivity index (χ1n) is 8.14. The summed E-state index contributed by atoms with van der Waals surface area (Å²) in [6, 6.07) is 8.22. The molecule has 0 fully saturated rings. The van der Waals surface area contributed by atoms with Gasteiger partial charge in [0.2, 0.25) is 0 Å². The Labute approximate surface area is 187 Å². The second-order valence-corrected chi connectivity index (χ2v) is 7.81. The molecule has 164 valence electrons. The number of oxime groups is 1. The van der Waals surface area contributed by atoms with Gasteiger partial charge in [0, 0.05) is 26.2 Å². The minimum atomic E-state index is -4.53. The highest BCUT2D eigenvalue weighted by atomic mass is 35.5. The van der Waals surface area contributed by atoms with Crippen molar-refractivity contribution >= 4 is 51.0 Å². The van der Waals surface area contributed by atoms with Gasteiger partial charge in [0.05, 0.1) is 11.3 Å². The highest BCUT2D eigenvalue weighted by molar-refractivity contribution is 7.60. The SMILES string of the molecule is CC(C)/C(=N\OCc1ccc(Cl)cc1Cl)c1cc(Cl)ccc1C(F)(F)F.N=S(=O)=O. The Hall–Kier alpha value is -1.81. The second-order valence-electron chi connectivity index (χ2n) is 6.06. The van der Waals surface area contributed by atoms with Gasteiger partial charge in [0.15, 0.2) is 0 Å². The Kier molecular flexibility index (Phi) is 10.1. The number of hydrogen-bond acceptors (Lipinski definition) is 5. The maximum atomic E-state index is 13.3. The van der Waals surface area contributed by atoms with Crippen LogP contribution >= 0.6 is 34.8 Å². The lowest BCUT2D eigenvalue weighted by Crippen LogP contribution is -2.18. The molecule has 30 heavy (non-hydrogen) atoms. The first-order valence-corrected chi connectivity index (χ1v) is 10.3. The molecule has 2 aromatic carbocycles. The summed E-state index contributed by atoms with van der Waals surface area (Å²) in [5, 5.41) is 4.97. The highest BCUT2D eigenvalue weighted by Crippen LogP contribution is 2.34. The molecule has 0 aromatic heterocycles. The van der Waals surface area contributed by atoms with Gasteiger partial charge in [-0.1, -0.05) is 59.9 Å². The van der Waals surface area contributed by atoms with Crippen molar-refractivity contribution in [3.63, 3.8) is 0 Å². The summed E-state index contributed by atoms with van der Waals surface area (Å²) in [6.45, 7) is 3.44. The molecule has 0 aliphatic heterocycles. The average Bonchev–Trinajstić information content (AvgIpc) is 2.58. The maximum absolute atomic E-state index is 13.3. The summed E-state index contributed by atoms with van der Waals surface area (Å²) in [5.74, 6) is -0.324. The number of nitrogens with zero attached hydrogens (tertiary/aromatic N) is 1. The van der Waals surface area contributed by atoms with E-state index in [1.807, 2.05) is 0 Å². The molecule has 12 heteroatoms. The van der Waals surface area contributed by atoms with Crippen molar-refractivity contribution in [3.8, 4) is 0 Å². The summed E-state index contributed by atoms with van der Waals surface area (Å²) in [4.78, 5) is 5.28. The molecule has 5 nitrogen and oxygen atoms in total. The van der Waals surface area contributed by atoms with Crippen molar-refractivity contribution in [1.29, 1.82) is 4.78 Å². The zero-order valence-electron chi connectivity index (χ0n) is 15.6. The maximum Gasteiger partial charge on any atom is 0.417 e. The predicted octanol–water partition coefficient (Wildman–Crippen LogP) is 6.87. The summed E-state index contributed by atoms with van der Waals surface area (Å²) < 4.78 is 62.8. The van der Waals surface area contributed by atoms with E-state index in [1.54, 1.807) is 32.0 Å². The van der Waals surface area contributed by atoms with Crippen molar-refractivity contribution in [2.24, 2.45) is 11.1 Å². The van der Waals surface area contributed by atoms with E-state index in [0.29, 0.717) is 15.6 Å². The lowest BCUT2D eigenvalue weighted by molar-refractivity contribution is -0.137. The molecule has 0 saturated heterocycles. The molecule has 2 aromatic rings. The minimum absolute atomic E-state index is 0.00581. The molecule has 0 bridgehead atoms. The van der Waals surface area contributed by atoms with Crippen molar-refractivity contribution in [2.75, 3.05) is 0 Å². The standard InChI is InChI=1S/C18H15Cl3F3NO.HNO2S/c1-10(2)17(14-7-12(19)5-6-15(14)18(22,23)24)25-26-9-11-3-4-13(20)8-16(11)21;1-4(2)3/h3-8,10H,9H2,1-2H3;1H/b25-17+;. The Balaban J connectivity index is 0.00000103. The molecule has 1 N–H and O–H groups in total. The number of alkyl halides is 3. The predicted molar refractivity (Wildman–Crippen MR) is 111 cm³/mol. The number of rotatable bonds is 5. The van der Waals surface area contributed by atoms with E-state index in [2.05, 4.69) is 5.16 Å². The Bertz CT molecular complexity index is 1020. The van der Waals surface area contributed by atoms with Gasteiger partial charge in [-0.2, -0.15) is 26.4 Å². The molecular weight excluding hydrogens is 488 g/mol. The van der Waals surface area contributed by atoms with Gasteiger partial charge < -0.3 is 4.84 Å². The van der Waals surface area contributed by atoms with E-state index in [0.717, 1.165) is 6.07 Å². The fourth-order valence-corrected chi connectivity index (χ4v) is 2.89. The molecule has 0 aliphatic carbocycles. The largest absolute Gasteiger partial charge is 0.417 e. The molecule has 0 radical (unpaired) electrons. The Morgan fingerprint density at radius 3 is 2.13 bits per heavy atom. The van der Waals surface area contributed by atoms with Crippen LogP contribution in [0.15, 0.2) is 41.6 Å². The van der Waals surface area contributed by atoms with Crippen molar-refractivity contribution in [2.45, 2.75) is 26.6 Å². The molecule has 0 atom stereocenters. The number of benzene rings is 2. The van der Waals surface area contributed by atoms with Crippen LogP contribution < -0.4 is 0 Å². The van der Waals surface area contributed by atoms with Crippen LogP contribution in [0.5, 0.6) is 0 Å². The molecule has 0 heterocycles. The van der Waals surface area contributed by atoms with Crippen molar-refractivity contribution in [3.05, 3.63) is 68.2 Å². The Morgan fingerprint density at radius 1 is 1.10 bits per heavy atom. The zero-order valence-corrected chi connectivity index (χ0v) is 18.7. The van der Waals surface area contributed by atoms with E-state index < -0.39 is 22.2 Å². The molecule has 0 amide bonds. The molecule has 0 spiro atoms. The molecular formula is C18H16Cl3F3N2O3S. The smallest absolute Gasteiger partial charge is 0.391 e. The monoisotopic (exact) mass is 502 g/mol. The Morgan fingerprint density at radius 2 is 1.63 bits per heavy atom. The van der Waals surface area contributed by atoms with Gasteiger partial charge in [0.25, 0.3) is 0 Å². The molecule has 0 saturated carbocycles. The van der Waals surface area contributed by atoms with Gasteiger partial charge in [-0.3, -0.25) is 0 Å². The van der Waals surface area contributed by atoms with Crippen LogP contribution in [0.25, 0.3) is 0 Å². The first-order chi connectivity index (χ1) is 13.8. The average molecular weight is 504 g/mol. The summed E-state index contributed by atoms with van der Waals surface area (Å²) in [6.07, 6.45) is -4.53. The quantitative estimate of drug-likeness (QED) is 0.357. The summed E-state index contributed by atoms with van der Waals surface area (Å²) in [7, 11) is -2.61. The van der Waals surface area contributed by atoms with Crippen molar-refractivity contribution in [1.82, 2.24) is 0 Å². The fourth-order valence-electron chi connectivity index (χ4n) is 2.25. The van der Waals surface area contributed by atoms with Gasteiger partial charge >= 0.3 is 16.7 Å². The van der Waals surface area contributed by atoms with E-state index in [4.69, 9.17) is 52.8 Å². The number of nitrogens with one attached hydrogen (secondary N) is 1. The van der Waals surface area contributed by atoms with Crippen LogP contribution in [0.1, 0.15) is 30.5 Å². The van der Waals surface area contributed by atoms with Crippen molar-refractivity contribution < 1.29 is 26.4 Å². The molecule has 0 unspecified atom stereocenters. The summed E-state index contributed by atoms with van der Waals surface area (Å²) in [5.41, 5.74) is -0.167. The highest BCUT2D eigenvalue weighted by Gasteiger charge is 2.35. The van der Waals surface area contributed by atoms with Gasteiger partial charge in [0.1, 0.15) is 6.61 Å². The lowest BCUT2D eigenvalue weighted by Gasteiger charge is -2.17. The van der Waals surface area contributed by atoms with Crippen LogP contribution in [0.3, 0.4) is 0 Å². The molecule has 0 aliphatic rings. The van der Waals surface area contributed by atoms with Crippen LogP contribution in [0.4, 0.5) is 13.2 Å². The van der Waals surface area contributed by atoms with Gasteiger partial charge in [-0.15, -0.1) is 0 Å². The second kappa shape index (κ2) is 11.5. The van der Waals surface area contributed by atoms with Crippen LogP contribution in [-0.4, -0.2) is 14.1 Å². The zero-order chi connectivity index (χ0) is 23.1. The van der Waals surface area contributed by atoms with E-state index in [1.165, 1.54) is 12.1 Å². The third kappa shape index (κ3) is 8.51. The minimum Gasteiger partial charge on any atom is -0.391 e. The first kappa shape index (κ1) is 26.2. The topological polar surface area (TPSA) is 79.6 Å². The summed E-state index contributed by atoms with van der Waals surface area (Å²) >= 11 is 17.8. The van der Waals surface area contributed by atoms with E-state index in [9.17, 15) is 13.2 Å². The van der Waals surface area contributed by atoms with Crippen LogP contribution in [0.2, 0.25) is 15.1 Å². The van der Waals surface area contributed by atoms with Crippen LogP contribution in [-0.2, 0) is 28.1 Å². The van der Waals surface area contributed by atoms with Gasteiger partial charge in [-0.05, 0) is 36.2 Å². The number of hydrogen-bond donors (Lipinski definition) is 1.